The van der Waals surface area contributed by atoms with Crippen LogP contribution in [0.3, 0.4) is 0 Å². The van der Waals surface area contributed by atoms with Gasteiger partial charge in [0.1, 0.15) is 17.2 Å². The van der Waals surface area contributed by atoms with Gasteiger partial charge in [0.05, 0.1) is 12.3 Å². The van der Waals surface area contributed by atoms with Crippen molar-refractivity contribution in [1.29, 1.82) is 0 Å². The molecule has 7 heteroatoms. The Morgan fingerprint density at radius 2 is 1.82 bits per heavy atom. The predicted molar refractivity (Wildman–Crippen MR) is 131 cm³/mol. The molecule has 0 atom stereocenters. The molecular weight excluding hydrogens is 432 g/mol. The number of carbonyl (C=O) groups excluding carboxylic acids is 1. The van der Waals surface area contributed by atoms with E-state index in [4.69, 9.17) is 18.7 Å². The zero-order chi connectivity index (χ0) is 24.5. The fourth-order valence-corrected chi connectivity index (χ4v) is 3.36. The maximum Gasteiger partial charge on any atom is 0.344 e. The molecule has 0 saturated carbocycles. The Kier molecular flexibility index (Phi) is 8.85. The maximum absolute atomic E-state index is 11.5. The summed E-state index contributed by atoms with van der Waals surface area (Å²) in [5.41, 5.74) is 5.51. The molecule has 180 valence electrons. The number of nitrogens with zero attached hydrogens (tertiary/aromatic N) is 2. The Morgan fingerprint density at radius 3 is 2.50 bits per heavy atom. The summed E-state index contributed by atoms with van der Waals surface area (Å²) in [5.74, 6) is 1.53. The van der Waals surface area contributed by atoms with Crippen molar-refractivity contribution in [1.82, 2.24) is 4.98 Å². The van der Waals surface area contributed by atoms with Crippen molar-refractivity contribution in [2.24, 2.45) is 5.16 Å². The molecule has 0 bridgehead atoms. The summed E-state index contributed by atoms with van der Waals surface area (Å²) in [6.07, 6.45) is 1.68. The van der Waals surface area contributed by atoms with Gasteiger partial charge in [-0.1, -0.05) is 36.2 Å². The standard InChI is InChI=1S/C27H32N2O5/c1-6-8-23(22-13-14-25(19(4)15-22)32-17-26(30)31-7-2)29-33-16-24-20(5)34-27(28-24)21-11-9-18(3)10-12-21/h9-15H,6-8,16-17H2,1-5H3/b29-23+. The SMILES string of the molecule is CCC/C(=N\OCc1nc(-c2ccc(C)cc2)oc1C)c1ccc(OCC(=O)OCC)c(C)c1. The van der Waals surface area contributed by atoms with Gasteiger partial charge in [0.15, 0.2) is 13.2 Å². The first-order chi connectivity index (χ1) is 16.4. The van der Waals surface area contributed by atoms with E-state index in [-0.39, 0.29) is 19.2 Å². The van der Waals surface area contributed by atoms with Gasteiger partial charge in [-0.2, -0.15) is 0 Å². The number of ether oxygens (including phenoxy) is 2. The van der Waals surface area contributed by atoms with E-state index in [1.165, 1.54) is 5.56 Å². The van der Waals surface area contributed by atoms with Gasteiger partial charge in [-0.3, -0.25) is 0 Å². The molecule has 0 N–H and O–H groups in total. The van der Waals surface area contributed by atoms with Crippen molar-refractivity contribution < 1.29 is 23.5 Å². The summed E-state index contributed by atoms with van der Waals surface area (Å²) in [4.78, 5) is 21.8. The molecule has 0 saturated heterocycles. The number of rotatable bonds is 11. The second-order valence-corrected chi connectivity index (χ2v) is 8.02. The number of aryl methyl sites for hydroxylation is 3. The van der Waals surface area contributed by atoms with Crippen LogP contribution in [-0.2, 0) is 21.0 Å². The molecule has 3 rings (SSSR count). The number of oxime groups is 1. The lowest BCUT2D eigenvalue weighted by Crippen LogP contribution is -2.15. The fraction of sp³-hybridized carbons (Fsp3) is 0.370. The minimum absolute atomic E-state index is 0.116. The first kappa shape index (κ1) is 25.0. The van der Waals surface area contributed by atoms with Crippen molar-refractivity contribution in [3.05, 3.63) is 70.6 Å². The van der Waals surface area contributed by atoms with E-state index >= 15 is 0 Å². The molecule has 0 radical (unpaired) electrons. The largest absolute Gasteiger partial charge is 0.482 e. The molecule has 0 aliphatic carbocycles. The lowest BCUT2D eigenvalue weighted by atomic mass is 10.0. The van der Waals surface area contributed by atoms with Crippen LogP contribution in [-0.4, -0.2) is 29.9 Å². The highest BCUT2D eigenvalue weighted by molar-refractivity contribution is 6.00. The van der Waals surface area contributed by atoms with Crippen LogP contribution in [0.5, 0.6) is 5.75 Å². The summed E-state index contributed by atoms with van der Waals surface area (Å²) < 4.78 is 16.3. The lowest BCUT2D eigenvalue weighted by molar-refractivity contribution is -0.145. The molecule has 34 heavy (non-hydrogen) atoms. The normalized spacial score (nSPS) is 11.4. The van der Waals surface area contributed by atoms with Crippen LogP contribution in [0.15, 0.2) is 52.0 Å². The Balaban J connectivity index is 1.68. The van der Waals surface area contributed by atoms with Crippen LogP contribution in [0.25, 0.3) is 11.5 Å². The van der Waals surface area contributed by atoms with E-state index in [1.807, 2.05) is 63.2 Å². The number of hydrogen-bond acceptors (Lipinski definition) is 7. The van der Waals surface area contributed by atoms with E-state index in [1.54, 1.807) is 6.92 Å². The second kappa shape index (κ2) is 12.0. The van der Waals surface area contributed by atoms with E-state index in [9.17, 15) is 4.79 Å². The first-order valence-electron chi connectivity index (χ1n) is 11.5. The van der Waals surface area contributed by atoms with Gasteiger partial charge >= 0.3 is 5.97 Å². The second-order valence-electron chi connectivity index (χ2n) is 8.02. The van der Waals surface area contributed by atoms with Crippen LogP contribution in [0, 0.1) is 20.8 Å². The number of esters is 1. The molecule has 1 aromatic heterocycles. The zero-order valence-electron chi connectivity index (χ0n) is 20.5. The maximum atomic E-state index is 11.5. The summed E-state index contributed by atoms with van der Waals surface area (Å²) in [5, 5.41) is 4.40. The van der Waals surface area contributed by atoms with Crippen LogP contribution < -0.4 is 4.74 Å². The van der Waals surface area contributed by atoms with Crippen molar-refractivity contribution in [2.45, 2.75) is 54.1 Å². The molecule has 0 aliphatic heterocycles. The van der Waals surface area contributed by atoms with Gasteiger partial charge in [0.25, 0.3) is 0 Å². The molecule has 2 aromatic carbocycles. The molecule has 0 fully saturated rings. The number of carbonyl (C=O) groups is 1. The fourth-order valence-electron chi connectivity index (χ4n) is 3.36. The van der Waals surface area contributed by atoms with E-state index in [0.29, 0.717) is 29.7 Å². The van der Waals surface area contributed by atoms with Crippen LogP contribution in [0.2, 0.25) is 0 Å². The first-order valence-corrected chi connectivity index (χ1v) is 11.5. The van der Waals surface area contributed by atoms with Crippen molar-refractivity contribution in [2.75, 3.05) is 13.2 Å². The summed E-state index contributed by atoms with van der Waals surface area (Å²) in [7, 11) is 0. The summed E-state index contributed by atoms with van der Waals surface area (Å²) in [6, 6.07) is 13.8. The van der Waals surface area contributed by atoms with Gasteiger partial charge in [-0.25, -0.2) is 9.78 Å². The van der Waals surface area contributed by atoms with Crippen molar-refractivity contribution in [3.63, 3.8) is 0 Å². The summed E-state index contributed by atoms with van der Waals surface area (Å²) >= 11 is 0. The quantitative estimate of drug-likeness (QED) is 0.199. The predicted octanol–water partition coefficient (Wildman–Crippen LogP) is 5.93. The third-order valence-electron chi connectivity index (χ3n) is 5.21. The third-order valence-corrected chi connectivity index (χ3v) is 5.21. The zero-order valence-corrected chi connectivity index (χ0v) is 20.5. The third kappa shape index (κ3) is 6.70. The van der Waals surface area contributed by atoms with Gasteiger partial charge in [0, 0.05) is 5.56 Å². The van der Waals surface area contributed by atoms with E-state index in [0.717, 1.165) is 35.2 Å². The monoisotopic (exact) mass is 464 g/mol. The van der Waals surface area contributed by atoms with Crippen molar-refractivity contribution in [3.8, 4) is 17.2 Å². The molecule has 1 heterocycles. The van der Waals surface area contributed by atoms with Crippen LogP contribution in [0.1, 0.15) is 54.8 Å². The highest BCUT2D eigenvalue weighted by Gasteiger charge is 2.13. The molecule has 0 unspecified atom stereocenters. The minimum Gasteiger partial charge on any atom is -0.482 e. The number of benzene rings is 2. The topological polar surface area (TPSA) is 83.2 Å². The molecule has 3 aromatic rings. The molecular formula is C27H32N2O5. The number of hydrogen-bond donors (Lipinski definition) is 0. The lowest BCUT2D eigenvalue weighted by Gasteiger charge is -2.11. The summed E-state index contributed by atoms with van der Waals surface area (Å²) in [6.45, 7) is 10.1. The Bertz CT molecular complexity index is 1130. The van der Waals surface area contributed by atoms with Gasteiger partial charge in [0.2, 0.25) is 5.89 Å². The highest BCUT2D eigenvalue weighted by atomic mass is 16.6. The number of oxazole rings is 1. The van der Waals surface area contributed by atoms with Crippen LogP contribution in [0.4, 0.5) is 0 Å². The van der Waals surface area contributed by atoms with Crippen LogP contribution >= 0.6 is 0 Å². The van der Waals surface area contributed by atoms with Gasteiger partial charge in [-0.15, -0.1) is 0 Å². The Labute approximate surface area is 200 Å². The van der Waals surface area contributed by atoms with E-state index in [2.05, 4.69) is 17.1 Å². The Hall–Kier alpha value is -3.61. The van der Waals surface area contributed by atoms with Crippen molar-refractivity contribution >= 4 is 11.7 Å². The highest BCUT2D eigenvalue weighted by Crippen LogP contribution is 2.23. The Morgan fingerprint density at radius 1 is 1.06 bits per heavy atom. The van der Waals surface area contributed by atoms with Gasteiger partial charge < -0.3 is 18.7 Å². The molecule has 0 aliphatic rings. The molecule has 0 spiro atoms. The molecule has 7 nitrogen and oxygen atoms in total. The van der Waals surface area contributed by atoms with Gasteiger partial charge in [-0.05, 0) is 75.6 Å². The number of aromatic nitrogens is 1. The van der Waals surface area contributed by atoms with E-state index < -0.39 is 0 Å². The average molecular weight is 465 g/mol. The average Bonchev–Trinajstić information content (AvgIpc) is 3.18. The molecule has 0 amide bonds. The smallest absolute Gasteiger partial charge is 0.344 e. The minimum atomic E-state index is -0.388.